The minimum absolute atomic E-state index is 0.178. The highest BCUT2D eigenvalue weighted by Gasteiger charge is 2.18. The summed E-state index contributed by atoms with van der Waals surface area (Å²) < 4.78 is 27.2. The van der Waals surface area contributed by atoms with E-state index in [0.29, 0.717) is 28.8 Å². The molecule has 0 aliphatic carbocycles. The van der Waals surface area contributed by atoms with Gasteiger partial charge in [0.25, 0.3) is 10.0 Å². The maximum absolute atomic E-state index is 12.8. The number of nitrogens with one attached hydrogen (secondary N) is 1. The van der Waals surface area contributed by atoms with Gasteiger partial charge in [-0.3, -0.25) is 0 Å². The van der Waals surface area contributed by atoms with E-state index in [-0.39, 0.29) is 4.90 Å². The van der Waals surface area contributed by atoms with Gasteiger partial charge in [0.1, 0.15) is 5.82 Å². The van der Waals surface area contributed by atoms with Crippen molar-refractivity contribution in [1.29, 1.82) is 5.26 Å². The molecule has 28 heavy (non-hydrogen) atoms. The standard InChI is InChI=1S/C21H16N4O2S/c22-15-17-12-10-16(11-13-17)14-21-23-19-8-4-5-9-20(19)25(21)24-28(26,27)18-6-2-1-3-7-18/h1-13,24H,14H2. The van der Waals surface area contributed by atoms with Gasteiger partial charge in [-0.2, -0.15) is 13.7 Å². The Kier molecular flexibility index (Phi) is 4.55. The topological polar surface area (TPSA) is 87.8 Å². The average Bonchev–Trinajstić information content (AvgIpc) is 3.06. The lowest BCUT2D eigenvalue weighted by atomic mass is 10.1. The fourth-order valence-electron chi connectivity index (χ4n) is 2.95. The zero-order valence-corrected chi connectivity index (χ0v) is 15.6. The number of nitriles is 1. The Morgan fingerprint density at radius 1 is 0.929 bits per heavy atom. The van der Waals surface area contributed by atoms with Crippen LogP contribution >= 0.6 is 0 Å². The smallest absolute Gasteiger partial charge is 0.231 e. The molecule has 6 nitrogen and oxygen atoms in total. The Morgan fingerprint density at radius 3 is 2.32 bits per heavy atom. The highest BCUT2D eigenvalue weighted by molar-refractivity contribution is 7.92. The maximum atomic E-state index is 12.8. The summed E-state index contributed by atoms with van der Waals surface area (Å²) in [6.45, 7) is 0. The Bertz CT molecular complexity index is 1270. The van der Waals surface area contributed by atoms with Gasteiger partial charge >= 0.3 is 0 Å². The molecule has 138 valence electrons. The first-order valence-corrected chi connectivity index (χ1v) is 10.1. The van der Waals surface area contributed by atoms with Gasteiger partial charge in [0.05, 0.1) is 27.6 Å². The molecule has 7 heteroatoms. The SMILES string of the molecule is N#Cc1ccc(Cc2nc3ccccc3n2NS(=O)(=O)c2ccccc2)cc1. The van der Waals surface area contributed by atoms with Crippen LogP contribution in [0.5, 0.6) is 0 Å². The molecule has 0 saturated carbocycles. The zero-order chi connectivity index (χ0) is 19.6. The molecule has 0 aliphatic heterocycles. The van der Waals surface area contributed by atoms with E-state index >= 15 is 0 Å². The van der Waals surface area contributed by atoms with Crippen molar-refractivity contribution < 1.29 is 8.42 Å². The molecule has 0 amide bonds. The summed E-state index contributed by atoms with van der Waals surface area (Å²) in [5.74, 6) is 0.561. The minimum Gasteiger partial charge on any atom is -0.231 e. The molecule has 4 aromatic rings. The molecule has 0 atom stereocenters. The fraction of sp³-hybridized carbons (Fsp3) is 0.0476. The minimum atomic E-state index is -3.77. The molecule has 0 aliphatic rings. The number of rotatable bonds is 5. The Labute approximate surface area is 162 Å². The average molecular weight is 388 g/mol. The predicted octanol–water partition coefficient (Wildman–Crippen LogP) is 3.43. The lowest BCUT2D eigenvalue weighted by Gasteiger charge is -2.13. The van der Waals surface area contributed by atoms with Crippen molar-refractivity contribution in [2.75, 3.05) is 4.83 Å². The lowest BCUT2D eigenvalue weighted by Crippen LogP contribution is -2.25. The number of nitrogens with zero attached hydrogens (tertiary/aromatic N) is 3. The van der Waals surface area contributed by atoms with Crippen LogP contribution in [0.3, 0.4) is 0 Å². The molecule has 0 unspecified atom stereocenters. The van der Waals surface area contributed by atoms with Crippen molar-refractivity contribution in [3.8, 4) is 6.07 Å². The third-order valence-electron chi connectivity index (χ3n) is 4.34. The molecule has 4 rings (SSSR count). The fourth-order valence-corrected chi connectivity index (χ4v) is 4.01. The molecular weight excluding hydrogens is 372 g/mol. The molecule has 3 aromatic carbocycles. The van der Waals surface area contributed by atoms with Crippen LogP contribution < -0.4 is 4.83 Å². The summed E-state index contributed by atoms with van der Waals surface area (Å²) in [5.41, 5.74) is 2.86. The monoisotopic (exact) mass is 388 g/mol. The van der Waals surface area contributed by atoms with Crippen molar-refractivity contribution >= 4 is 21.1 Å². The second kappa shape index (κ2) is 7.18. The second-order valence-corrected chi connectivity index (χ2v) is 7.91. The quantitative estimate of drug-likeness (QED) is 0.567. The largest absolute Gasteiger partial charge is 0.275 e. The molecule has 0 fully saturated rings. The third kappa shape index (κ3) is 3.46. The molecule has 1 aromatic heterocycles. The maximum Gasteiger partial charge on any atom is 0.275 e. The van der Waals surface area contributed by atoms with Gasteiger partial charge in [0.15, 0.2) is 0 Å². The summed E-state index contributed by atoms with van der Waals surface area (Å²) >= 11 is 0. The first-order chi connectivity index (χ1) is 13.6. The van der Waals surface area contributed by atoms with E-state index in [1.165, 1.54) is 4.68 Å². The van der Waals surface area contributed by atoms with E-state index in [1.807, 2.05) is 36.4 Å². The van der Waals surface area contributed by atoms with E-state index in [9.17, 15) is 8.42 Å². The molecule has 0 radical (unpaired) electrons. The van der Waals surface area contributed by atoms with E-state index in [4.69, 9.17) is 5.26 Å². The van der Waals surface area contributed by atoms with Crippen molar-refractivity contribution in [2.45, 2.75) is 11.3 Å². The summed E-state index contributed by atoms with van der Waals surface area (Å²) in [5, 5.41) is 8.95. The number of benzene rings is 3. The molecule has 0 spiro atoms. The van der Waals surface area contributed by atoms with Crippen molar-refractivity contribution in [2.24, 2.45) is 0 Å². The number of imidazole rings is 1. The summed E-state index contributed by atoms with van der Waals surface area (Å²) in [6, 6.07) is 24.8. The number of hydrogen-bond acceptors (Lipinski definition) is 4. The summed E-state index contributed by atoms with van der Waals surface area (Å²) in [6.07, 6.45) is 0.414. The lowest BCUT2D eigenvalue weighted by molar-refractivity contribution is 0.595. The van der Waals surface area contributed by atoms with Gasteiger partial charge in [-0.05, 0) is 42.0 Å². The van der Waals surface area contributed by atoms with Crippen molar-refractivity contribution in [3.63, 3.8) is 0 Å². The predicted molar refractivity (Wildman–Crippen MR) is 107 cm³/mol. The van der Waals surface area contributed by atoms with Gasteiger partial charge in [-0.1, -0.05) is 42.5 Å². The number of sulfonamides is 1. The van der Waals surface area contributed by atoms with Gasteiger partial charge in [0.2, 0.25) is 0 Å². The molecule has 0 bridgehead atoms. The molecular formula is C21H16N4O2S. The van der Waals surface area contributed by atoms with Crippen LogP contribution in [0.1, 0.15) is 17.0 Å². The Hall–Kier alpha value is -3.63. The highest BCUT2D eigenvalue weighted by atomic mass is 32.2. The Balaban J connectivity index is 1.76. The van der Waals surface area contributed by atoms with Gasteiger partial charge in [-0.15, -0.1) is 0 Å². The second-order valence-electron chi connectivity index (χ2n) is 6.25. The first-order valence-electron chi connectivity index (χ1n) is 8.60. The van der Waals surface area contributed by atoms with Crippen molar-refractivity contribution in [3.05, 3.63) is 95.8 Å². The molecule has 1 heterocycles. The zero-order valence-electron chi connectivity index (χ0n) is 14.8. The van der Waals surface area contributed by atoms with E-state index < -0.39 is 10.0 Å². The number of para-hydroxylation sites is 2. The van der Waals surface area contributed by atoms with Crippen LogP contribution in [0.4, 0.5) is 0 Å². The van der Waals surface area contributed by atoms with E-state index in [1.54, 1.807) is 42.5 Å². The first kappa shape index (κ1) is 17.8. The number of hydrogen-bond donors (Lipinski definition) is 1. The van der Waals surface area contributed by atoms with Gasteiger partial charge < -0.3 is 0 Å². The number of aromatic nitrogens is 2. The van der Waals surface area contributed by atoms with Gasteiger partial charge in [-0.25, -0.2) is 14.5 Å². The summed E-state index contributed by atoms with van der Waals surface area (Å²) in [7, 11) is -3.77. The normalized spacial score (nSPS) is 11.2. The van der Waals surface area contributed by atoms with Crippen LogP contribution in [0, 0.1) is 11.3 Å². The van der Waals surface area contributed by atoms with Crippen molar-refractivity contribution in [1.82, 2.24) is 9.66 Å². The van der Waals surface area contributed by atoms with Crippen LogP contribution in [0.15, 0.2) is 83.8 Å². The van der Waals surface area contributed by atoms with Crippen LogP contribution in [0.25, 0.3) is 11.0 Å². The Morgan fingerprint density at radius 2 is 1.61 bits per heavy atom. The van der Waals surface area contributed by atoms with Gasteiger partial charge in [0, 0.05) is 6.42 Å². The number of fused-ring (bicyclic) bond motifs is 1. The van der Waals surface area contributed by atoms with E-state index in [0.717, 1.165) is 5.56 Å². The van der Waals surface area contributed by atoms with Crippen LogP contribution in [-0.2, 0) is 16.4 Å². The van der Waals surface area contributed by atoms with Crippen LogP contribution in [0.2, 0.25) is 0 Å². The molecule has 0 saturated heterocycles. The van der Waals surface area contributed by atoms with Crippen LogP contribution in [-0.4, -0.2) is 18.1 Å². The van der Waals surface area contributed by atoms with E-state index in [2.05, 4.69) is 15.9 Å². The molecule has 1 N–H and O–H groups in total. The highest BCUT2D eigenvalue weighted by Crippen LogP contribution is 2.19. The summed E-state index contributed by atoms with van der Waals surface area (Å²) in [4.78, 5) is 7.42. The third-order valence-corrected chi connectivity index (χ3v) is 5.66.